The Morgan fingerprint density at radius 3 is 2.17 bits per heavy atom. The molecule has 12 heavy (non-hydrogen) atoms. The second kappa shape index (κ2) is 2.82. The average molecular weight is 172 g/mol. The van der Waals surface area contributed by atoms with Crippen LogP contribution in [0.2, 0.25) is 0 Å². The van der Waals surface area contributed by atoms with Crippen LogP contribution in [-0.2, 0) is 14.6 Å². The van der Waals surface area contributed by atoms with E-state index in [1.54, 1.807) is 6.92 Å². The third kappa shape index (κ3) is 2.57. The molecule has 0 unspecified atom stereocenters. The summed E-state index contributed by atoms with van der Waals surface area (Å²) in [6.07, 6.45) is 1.40. The van der Waals surface area contributed by atoms with E-state index in [-0.39, 0.29) is 11.2 Å². The second-order valence-electron chi connectivity index (χ2n) is 4.60. The van der Waals surface area contributed by atoms with Gasteiger partial charge in [-0.25, -0.2) is 0 Å². The molecule has 3 heteroatoms. The molecule has 0 saturated carbocycles. The highest BCUT2D eigenvalue weighted by molar-refractivity contribution is 5.86. The van der Waals surface area contributed by atoms with Gasteiger partial charge in [-0.1, -0.05) is 20.8 Å². The molecule has 0 aliphatic carbocycles. The summed E-state index contributed by atoms with van der Waals surface area (Å²) in [5.41, 5.74) is 0.195. The lowest BCUT2D eigenvalue weighted by molar-refractivity contribution is -0.124. The van der Waals surface area contributed by atoms with Gasteiger partial charge in [0.25, 0.3) is 5.79 Å². The number of rotatable bonds is 3. The van der Waals surface area contributed by atoms with Gasteiger partial charge in [-0.2, -0.15) is 9.78 Å². The molecule has 0 amide bonds. The number of hydrogen-bond donors (Lipinski definition) is 0. The van der Waals surface area contributed by atoms with Crippen molar-refractivity contribution in [1.82, 2.24) is 0 Å². The van der Waals surface area contributed by atoms with Gasteiger partial charge in [0.1, 0.15) is 0 Å². The van der Waals surface area contributed by atoms with Gasteiger partial charge in [0.15, 0.2) is 5.78 Å². The number of Topliss-reactive ketones (excluding diaryl/α,β-unsaturated/α-hetero) is 1. The maximum absolute atomic E-state index is 11.3. The molecule has 0 aromatic heterocycles. The van der Waals surface area contributed by atoms with Crippen LogP contribution in [-0.4, -0.2) is 11.6 Å². The molecule has 0 N–H and O–H groups in total. The first-order valence-electron chi connectivity index (χ1n) is 4.24. The van der Waals surface area contributed by atoms with Crippen molar-refractivity contribution in [2.75, 3.05) is 0 Å². The predicted molar refractivity (Wildman–Crippen MR) is 44.3 cm³/mol. The molecule has 3 nitrogen and oxygen atoms in total. The first-order chi connectivity index (χ1) is 5.33. The van der Waals surface area contributed by atoms with Crippen molar-refractivity contribution in [2.24, 2.45) is 5.41 Å². The first-order valence-corrected chi connectivity index (χ1v) is 4.24. The summed E-state index contributed by atoms with van der Waals surface area (Å²) in [4.78, 5) is 20.5. The van der Waals surface area contributed by atoms with Crippen LogP contribution in [0.4, 0.5) is 0 Å². The lowest BCUT2D eigenvalue weighted by atomic mass is 9.89. The molecule has 0 aromatic rings. The van der Waals surface area contributed by atoms with Crippen molar-refractivity contribution in [1.29, 1.82) is 0 Å². The summed E-state index contributed by atoms with van der Waals surface area (Å²) in [5, 5.41) is 0. The number of ketones is 1. The van der Waals surface area contributed by atoms with E-state index in [1.165, 1.54) is 0 Å². The zero-order valence-corrected chi connectivity index (χ0v) is 8.14. The number of hydrogen-bond acceptors (Lipinski definition) is 3. The Bertz CT molecular complexity index is 186. The van der Waals surface area contributed by atoms with Gasteiger partial charge in [0, 0.05) is 13.3 Å². The molecule has 1 saturated heterocycles. The van der Waals surface area contributed by atoms with Gasteiger partial charge >= 0.3 is 0 Å². The topological polar surface area (TPSA) is 42.1 Å². The Labute approximate surface area is 73.0 Å². The summed E-state index contributed by atoms with van der Waals surface area (Å²) in [6.45, 7) is 7.98. The van der Waals surface area contributed by atoms with Crippen molar-refractivity contribution in [3.05, 3.63) is 0 Å². The first kappa shape index (κ1) is 9.68. The smallest absolute Gasteiger partial charge is 0.288 e. The van der Waals surface area contributed by atoms with Gasteiger partial charge < -0.3 is 0 Å². The number of carbonyl (C=O) groups excluding carboxylic acids is 1. The van der Waals surface area contributed by atoms with Crippen LogP contribution in [0, 0.1) is 5.41 Å². The molecule has 0 aromatic carbocycles. The molecule has 1 fully saturated rings. The van der Waals surface area contributed by atoms with Crippen molar-refractivity contribution in [3.63, 3.8) is 0 Å². The Hall–Kier alpha value is -0.410. The normalized spacial score (nSPS) is 20.7. The standard InChI is InChI=1S/C9H16O3/c1-8(2,3)6-5-7(10)9(4)11-12-9/h5-6H2,1-4H3. The summed E-state index contributed by atoms with van der Waals surface area (Å²) in [6, 6.07) is 0. The van der Waals surface area contributed by atoms with Crippen LogP contribution >= 0.6 is 0 Å². The van der Waals surface area contributed by atoms with Crippen LogP contribution < -0.4 is 0 Å². The summed E-state index contributed by atoms with van der Waals surface area (Å²) >= 11 is 0. The monoisotopic (exact) mass is 172 g/mol. The summed E-state index contributed by atoms with van der Waals surface area (Å²) in [7, 11) is 0. The minimum Gasteiger partial charge on any atom is -0.293 e. The highest BCUT2D eigenvalue weighted by Gasteiger charge is 2.50. The van der Waals surface area contributed by atoms with Crippen LogP contribution in [0.25, 0.3) is 0 Å². The summed E-state index contributed by atoms with van der Waals surface area (Å²) < 4.78 is 0. The average Bonchev–Trinajstić information content (AvgIpc) is 2.62. The van der Waals surface area contributed by atoms with Gasteiger partial charge in [-0.3, -0.25) is 4.79 Å². The molecule has 1 heterocycles. The lowest BCUT2D eigenvalue weighted by Gasteiger charge is -2.16. The van der Waals surface area contributed by atoms with Gasteiger partial charge in [-0.05, 0) is 11.8 Å². The molecule has 0 atom stereocenters. The van der Waals surface area contributed by atoms with Crippen LogP contribution in [0.1, 0.15) is 40.5 Å². The molecule has 0 spiro atoms. The molecule has 1 aliphatic heterocycles. The highest BCUT2D eigenvalue weighted by atomic mass is 17.4. The van der Waals surface area contributed by atoms with E-state index < -0.39 is 5.79 Å². The Balaban J connectivity index is 2.29. The molecule has 0 radical (unpaired) electrons. The molecular weight excluding hydrogens is 156 g/mol. The molecule has 70 valence electrons. The SMILES string of the molecule is CC(C)(C)CCC(=O)C1(C)OO1. The van der Waals surface area contributed by atoms with Crippen LogP contribution in [0.15, 0.2) is 0 Å². The number of carbonyl (C=O) groups is 1. The van der Waals surface area contributed by atoms with Gasteiger partial charge in [-0.15, -0.1) is 0 Å². The fraction of sp³-hybridized carbons (Fsp3) is 0.889. The van der Waals surface area contributed by atoms with E-state index in [0.717, 1.165) is 6.42 Å². The zero-order chi connectivity index (χ0) is 9.41. The molecule has 1 rings (SSSR count). The second-order valence-corrected chi connectivity index (χ2v) is 4.60. The van der Waals surface area contributed by atoms with Crippen LogP contribution in [0.3, 0.4) is 0 Å². The lowest BCUT2D eigenvalue weighted by Crippen LogP contribution is -2.21. The van der Waals surface area contributed by atoms with Crippen molar-refractivity contribution < 1.29 is 14.6 Å². The third-order valence-electron chi connectivity index (χ3n) is 1.94. The van der Waals surface area contributed by atoms with E-state index in [2.05, 4.69) is 30.5 Å². The van der Waals surface area contributed by atoms with Crippen molar-refractivity contribution >= 4 is 5.78 Å². The third-order valence-corrected chi connectivity index (χ3v) is 1.94. The molecule has 0 bridgehead atoms. The van der Waals surface area contributed by atoms with E-state index in [1.807, 2.05) is 0 Å². The minimum absolute atomic E-state index is 0.0393. The Morgan fingerprint density at radius 2 is 1.83 bits per heavy atom. The maximum Gasteiger partial charge on any atom is 0.288 e. The van der Waals surface area contributed by atoms with E-state index in [9.17, 15) is 4.79 Å². The van der Waals surface area contributed by atoms with Gasteiger partial charge in [0.2, 0.25) is 0 Å². The van der Waals surface area contributed by atoms with Crippen molar-refractivity contribution in [2.45, 2.75) is 46.3 Å². The van der Waals surface area contributed by atoms with E-state index >= 15 is 0 Å². The predicted octanol–water partition coefficient (Wildman–Crippen LogP) is 2.06. The fourth-order valence-corrected chi connectivity index (χ4v) is 0.871. The van der Waals surface area contributed by atoms with E-state index in [4.69, 9.17) is 0 Å². The quantitative estimate of drug-likeness (QED) is 0.483. The fourth-order valence-electron chi connectivity index (χ4n) is 0.871. The highest BCUT2D eigenvalue weighted by Crippen LogP contribution is 2.32. The molecule has 1 aliphatic rings. The zero-order valence-electron chi connectivity index (χ0n) is 8.14. The summed E-state index contributed by atoms with van der Waals surface area (Å²) in [5.74, 6) is -0.872. The largest absolute Gasteiger partial charge is 0.293 e. The maximum atomic E-state index is 11.3. The molecular formula is C9H16O3. The van der Waals surface area contributed by atoms with Crippen molar-refractivity contribution in [3.8, 4) is 0 Å². The van der Waals surface area contributed by atoms with Crippen LogP contribution in [0.5, 0.6) is 0 Å². The Kier molecular flexibility index (Phi) is 2.27. The van der Waals surface area contributed by atoms with E-state index in [0.29, 0.717) is 6.42 Å². The van der Waals surface area contributed by atoms with Gasteiger partial charge in [0.05, 0.1) is 0 Å². The Morgan fingerprint density at radius 1 is 1.33 bits per heavy atom. The minimum atomic E-state index is -0.911.